The first-order valence-electron chi connectivity index (χ1n) is 9.37. The minimum atomic E-state index is -3.62. The number of amides is 1. The van der Waals surface area contributed by atoms with Gasteiger partial charge < -0.3 is 10.1 Å². The van der Waals surface area contributed by atoms with E-state index in [1.165, 1.54) is 22.6 Å². The average molecular weight is 417 g/mol. The molecule has 0 aliphatic carbocycles. The lowest BCUT2D eigenvalue weighted by atomic mass is 10.2. The summed E-state index contributed by atoms with van der Waals surface area (Å²) in [7, 11) is -3.62. The fourth-order valence-electron chi connectivity index (χ4n) is 3.09. The summed E-state index contributed by atoms with van der Waals surface area (Å²) in [6, 6.07) is 9.49. The Bertz CT molecular complexity index is 986. The maximum atomic E-state index is 13.0. The number of aromatic nitrogens is 1. The van der Waals surface area contributed by atoms with Crippen molar-refractivity contribution in [2.45, 2.75) is 31.1 Å². The van der Waals surface area contributed by atoms with E-state index in [0.29, 0.717) is 24.3 Å². The molecule has 0 spiro atoms. The van der Waals surface area contributed by atoms with Crippen LogP contribution in [-0.2, 0) is 19.6 Å². The Morgan fingerprint density at radius 3 is 2.59 bits per heavy atom. The van der Waals surface area contributed by atoms with Crippen LogP contribution in [0.4, 0.5) is 5.69 Å². The maximum absolute atomic E-state index is 13.0. The van der Waals surface area contributed by atoms with Gasteiger partial charge in [-0.05, 0) is 49.6 Å². The number of hydrogen-bond donors (Lipinski definition) is 1. The number of esters is 1. The number of carbonyl (C=O) groups is 2. The summed E-state index contributed by atoms with van der Waals surface area (Å²) in [6.45, 7) is 2.22. The van der Waals surface area contributed by atoms with Gasteiger partial charge >= 0.3 is 5.97 Å². The van der Waals surface area contributed by atoms with Crippen LogP contribution >= 0.6 is 0 Å². The molecule has 29 heavy (non-hydrogen) atoms. The third-order valence-corrected chi connectivity index (χ3v) is 6.65. The lowest BCUT2D eigenvalue weighted by Crippen LogP contribution is -2.36. The number of nitrogens with one attached hydrogen (secondary N) is 1. The van der Waals surface area contributed by atoms with Crippen molar-refractivity contribution in [3.63, 3.8) is 0 Å². The molecule has 1 N–H and O–H groups in total. The molecule has 0 unspecified atom stereocenters. The van der Waals surface area contributed by atoms with Crippen LogP contribution in [-0.4, -0.2) is 49.3 Å². The molecular formula is C20H23N3O5S. The molecule has 0 bridgehead atoms. The Hall–Kier alpha value is -2.78. The van der Waals surface area contributed by atoms with Crippen LogP contribution in [0.1, 0.15) is 35.3 Å². The number of ether oxygens (including phenoxy) is 1. The highest BCUT2D eigenvalue weighted by molar-refractivity contribution is 7.89. The molecule has 1 aromatic heterocycles. The number of pyridine rings is 1. The Morgan fingerprint density at radius 1 is 1.14 bits per heavy atom. The molecular weight excluding hydrogens is 394 g/mol. The lowest BCUT2D eigenvalue weighted by molar-refractivity contribution is -0.119. The minimum absolute atomic E-state index is 0.102. The van der Waals surface area contributed by atoms with Crippen molar-refractivity contribution in [1.82, 2.24) is 9.29 Å². The summed E-state index contributed by atoms with van der Waals surface area (Å²) in [5.41, 5.74) is 1.03. The highest BCUT2D eigenvalue weighted by Crippen LogP contribution is 2.26. The van der Waals surface area contributed by atoms with Gasteiger partial charge in [-0.25, -0.2) is 18.2 Å². The van der Waals surface area contributed by atoms with Gasteiger partial charge in [0.05, 0.1) is 4.90 Å². The minimum Gasteiger partial charge on any atom is -0.451 e. The molecule has 3 rings (SSSR count). The molecule has 0 radical (unpaired) electrons. The fourth-order valence-corrected chi connectivity index (χ4v) is 4.85. The Kier molecular flexibility index (Phi) is 6.60. The van der Waals surface area contributed by atoms with E-state index in [2.05, 4.69) is 10.3 Å². The second kappa shape index (κ2) is 9.15. The van der Waals surface area contributed by atoms with Crippen LogP contribution in [0.15, 0.2) is 47.5 Å². The topological polar surface area (TPSA) is 106 Å². The van der Waals surface area contributed by atoms with Crippen LogP contribution in [0, 0.1) is 6.92 Å². The molecule has 1 fully saturated rings. The number of sulfonamides is 1. The predicted octanol–water partition coefficient (Wildman–Crippen LogP) is 2.36. The molecule has 1 aromatic carbocycles. The normalized spacial score (nSPS) is 14.9. The smallest absolute Gasteiger partial charge is 0.357 e. The zero-order valence-corrected chi connectivity index (χ0v) is 16.9. The second-order valence-corrected chi connectivity index (χ2v) is 8.69. The van der Waals surface area contributed by atoms with Gasteiger partial charge in [0.2, 0.25) is 10.0 Å². The summed E-state index contributed by atoms with van der Waals surface area (Å²) in [4.78, 5) is 28.0. The number of nitrogens with zero attached hydrogens (tertiary/aromatic N) is 2. The molecule has 0 saturated carbocycles. The first kappa shape index (κ1) is 20.9. The van der Waals surface area contributed by atoms with Crippen molar-refractivity contribution in [3.05, 3.63) is 53.9 Å². The number of benzene rings is 1. The molecule has 0 atom stereocenters. The number of piperidine rings is 1. The van der Waals surface area contributed by atoms with E-state index in [4.69, 9.17) is 4.74 Å². The number of anilines is 1. The van der Waals surface area contributed by atoms with Crippen molar-refractivity contribution in [3.8, 4) is 0 Å². The standard InChI is InChI=1S/C20H23N3O5S/c1-15-8-9-16(13-18(15)29(26,27)23-11-5-2-6-12-23)22-19(24)14-28-20(25)17-7-3-4-10-21-17/h3-4,7-10,13H,2,5-6,11-12,14H2,1H3,(H,22,24). The van der Waals surface area contributed by atoms with E-state index in [1.54, 1.807) is 31.2 Å². The van der Waals surface area contributed by atoms with Gasteiger partial charge in [-0.3, -0.25) is 4.79 Å². The molecule has 1 aliphatic rings. The van der Waals surface area contributed by atoms with E-state index < -0.39 is 28.5 Å². The van der Waals surface area contributed by atoms with Crippen molar-refractivity contribution >= 4 is 27.6 Å². The first-order valence-corrected chi connectivity index (χ1v) is 10.8. The molecule has 9 heteroatoms. The van der Waals surface area contributed by atoms with Crippen molar-refractivity contribution in [2.24, 2.45) is 0 Å². The first-order chi connectivity index (χ1) is 13.9. The number of rotatable bonds is 6. The largest absolute Gasteiger partial charge is 0.451 e. The second-order valence-electron chi connectivity index (χ2n) is 6.78. The molecule has 2 aromatic rings. The maximum Gasteiger partial charge on any atom is 0.357 e. The highest BCUT2D eigenvalue weighted by Gasteiger charge is 2.27. The Morgan fingerprint density at radius 2 is 1.90 bits per heavy atom. The van der Waals surface area contributed by atoms with Gasteiger partial charge in [-0.15, -0.1) is 0 Å². The highest BCUT2D eigenvalue weighted by atomic mass is 32.2. The van der Waals surface area contributed by atoms with Crippen LogP contribution in [0.3, 0.4) is 0 Å². The van der Waals surface area contributed by atoms with Gasteiger partial charge in [-0.2, -0.15) is 4.31 Å². The fraction of sp³-hybridized carbons (Fsp3) is 0.350. The van der Waals surface area contributed by atoms with Crippen LogP contribution in [0.2, 0.25) is 0 Å². The van der Waals surface area contributed by atoms with E-state index in [1.807, 2.05) is 0 Å². The summed E-state index contributed by atoms with van der Waals surface area (Å²) < 4.78 is 32.3. The van der Waals surface area contributed by atoms with Gasteiger partial charge in [0.15, 0.2) is 6.61 Å². The van der Waals surface area contributed by atoms with Gasteiger partial charge in [-0.1, -0.05) is 18.6 Å². The van der Waals surface area contributed by atoms with Crippen molar-refractivity contribution in [1.29, 1.82) is 0 Å². The number of hydrogen-bond acceptors (Lipinski definition) is 6. The number of aryl methyl sites for hydroxylation is 1. The van der Waals surface area contributed by atoms with E-state index in [0.717, 1.165) is 19.3 Å². The van der Waals surface area contributed by atoms with E-state index in [9.17, 15) is 18.0 Å². The van der Waals surface area contributed by atoms with Crippen molar-refractivity contribution < 1.29 is 22.7 Å². The van der Waals surface area contributed by atoms with Crippen LogP contribution in [0.5, 0.6) is 0 Å². The molecule has 1 aliphatic heterocycles. The lowest BCUT2D eigenvalue weighted by Gasteiger charge is -2.26. The summed E-state index contributed by atoms with van der Waals surface area (Å²) in [5.74, 6) is -1.28. The molecule has 154 valence electrons. The van der Waals surface area contributed by atoms with E-state index in [-0.39, 0.29) is 10.6 Å². The third-order valence-electron chi connectivity index (χ3n) is 4.61. The average Bonchev–Trinajstić information content (AvgIpc) is 2.74. The monoisotopic (exact) mass is 417 g/mol. The predicted molar refractivity (Wildman–Crippen MR) is 107 cm³/mol. The van der Waals surface area contributed by atoms with Gasteiger partial charge in [0.1, 0.15) is 5.69 Å². The molecule has 8 nitrogen and oxygen atoms in total. The van der Waals surface area contributed by atoms with Crippen molar-refractivity contribution in [2.75, 3.05) is 25.0 Å². The van der Waals surface area contributed by atoms with E-state index >= 15 is 0 Å². The molecule has 1 amide bonds. The van der Waals surface area contributed by atoms with Crippen LogP contribution < -0.4 is 5.32 Å². The Labute approximate surface area is 169 Å². The zero-order valence-electron chi connectivity index (χ0n) is 16.1. The molecule has 2 heterocycles. The van der Waals surface area contributed by atoms with Crippen LogP contribution in [0.25, 0.3) is 0 Å². The summed E-state index contributed by atoms with van der Waals surface area (Å²) in [5, 5.41) is 2.57. The summed E-state index contributed by atoms with van der Waals surface area (Å²) >= 11 is 0. The zero-order chi connectivity index (χ0) is 20.9. The van der Waals surface area contributed by atoms with Gasteiger partial charge in [0, 0.05) is 25.0 Å². The third kappa shape index (κ3) is 5.18. The number of carbonyl (C=O) groups excluding carboxylic acids is 2. The molecule has 1 saturated heterocycles. The SMILES string of the molecule is Cc1ccc(NC(=O)COC(=O)c2ccccn2)cc1S(=O)(=O)N1CCCCC1. The van der Waals surface area contributed by atoms with Gasteiger partial charge in [0.25, 0.3) is 5.91 Å². The summed E-state index contributed by atoms with van der Waals surface area (Å²) in [6.07, 6.45) is 4.16. The quantitative estimate of drug-likeness (QED) is 0.724. The Balaban J connectivity index is 1.66.